The number of benzene rings is 1. The molecular weight excluding hydrogens is 281 g/mol. The Morgan fingerprint density at radius 1 is 1.29 bits per heavy atom. The molecule has 0 atom stereocenters. The first-order valence-corrected chi connectivity index (χ1v) is 6.16. The molecule has 0 spiro atoms. The Kier molecular flexibility index (Phi) is 4.29. The topological polar surface area (TPSA) is 29.9 Å². The molecule has 3 nitrogen and oxygen atoms in total. The van der Waals surface area contributed by atoms with E-state index in [-0.39, 0.29) is 0 Å². The van der Waals surface area contributed by atoms with Gasteiger partial charge in [-0.3, -0.25) is 0 Å². The highest BCUT2D eigenvalue weighted by atomic mass is 35.5. The van der Waals surface area contributed by atoms with Gasteiger partial charge < -0.3 is 0 Å². The minimum Gasteiger partial charge on any atom is -0.239 e. The van der Waals surface area contributed by atoms with Crippen molar-refractivity contribution in [2.45, 2.75) is 6.42 Å². The van der Waals surface area contributed by atoms with Crippen molar-refractivity contribution in [2.24, 2.45) is 0 Å². The van der Waals surface area contributed by atoms with Crippen molar-refractivity contribution in [2.75, 3.05) is 6.54 Å². The third-order valence-corrected chi connectivity index (χ3v) is 3.03. The van der Waals surface area contributed by atoms with Crippen molar-refractivity contribution in [1.82, 2.24) is 14.6 Å². The second kappa shape index (κ2) is 5.74. The minimum atomic E-state index is 0.572. The molecule has 90 valence electrons. The van der Waals surface area contributed by atoms with Crippen molar-refractivity contribution in [3.63, 3.8) is 0 Å². The second-order valence-corrected chi connectivity index (χ2v) is 4.63. The number of hydrogen-bond donors (Lipinski definition) is 1. The van der Waals surface area contributed by atoms with Gasteiger partial charge in [-0.1, -0.05) is 23.2 Å². The van der Waals surface area contributed by atoms with Gasteiger partial charge in [-0.25, -0.2) is 9.52 Å². The van der Waals surface area contributed by atoms with Crippen LogP contribution < -0.4 is 4.84 Å². The SMILES string of the molecule is ClNCCc1cnn(-c2ccc(Cl)cc2Cl)c1. The van der Waals surface area contributed by atoms with E-state index in [0.29, 0.717) is 16.6 Å². The highest BCUT2D eigenvalue weighted by Gasteiger charge is 2.05. The van der Waals surface area contributed by atoms with E-state index in [0.717, 1.165) is 17.7 Å². The molecule has 0 fully saturated rings. The van der Waals surface area contributed by atoms with Gasteiger partial charge in [0.25, 0.3) is 0 Å². The Bertz CT molecular complexity index is 510. The van der Waals surface area contributed by atoms with Crippen LogP contribution in [0.3, 0.4) is 0 Å². The maximum absolute atomic E-state index is 6.10. The molecule has 6 heteroatoms. The average Bonchev–Trinajstić information content (AvgIpc) is 2.75. The highest BCUT2D eigenvalue weighted by molar-refractivity contribution is 6.35. The summed E-state index contributed by atoms with van der Waals surface area (Å²) in [5, 5.41) is 5.43. The highest BCUT2D eigenvalue weighted by Crippen LogP contribution is 2.24. The van der Waals surface area contributed by atoms with E-state index < -0.39 is 0 Å². The standard InChI is InChI=1S/C11H10Cl3N3/c12-9-1-2-11(10(13)5-9)17-7-8(6-16-17)3-4-15-14/h1-2,5-7,15H,3-4H2. The van der Waals surface area contributed by atoms with Crippen LogP contribution in [0, 0.1) is 0 Å². The van der Waals surface area contributed by atoms with Gasteiger partial charge in [-0.2, -0.15) is 5.10 Å². The minimum absolute atomic E-state index is 0.572. The van der Waals surface area contributed by atoms with E-state index in [1.54, 1.807) is 23.0 Å². The monoisotopic (exact) mass is 289 g/mol. The van der Waals surface area contributed by atoms with E-state index in [1.807, 2.05) is 12.3 Å². The number of hydrogen-bond acceptors (Lipinski definition) is 2. The molecule has 0 aliphatic carbocycles. The number of aromatic nitrogens is 2. The zero-order valence-electron chi connectivity index (χ0n) is 8.83. The van der Waals surface area contributed by atoms with Crippen LogP contribution in [0.5, 0.6) is 0 Å². The van der Waals surface area contributed by atoms with Gasteiger partial charge in [-0.15, -0.1) is 0 Å². The second-order valence-electron chi connectivity index (χ2n) is 3.52. The normalized spacial score (nSPS) is 10.8. The molecule has 0 bridgehead atoms. The molecule has 0 saturated carbocycles. The van der Waals surface area contributed by atoms with Crippen LogP contribution in [0.1, 0.15) is 5.56 Å². The maximum atomic E-state index is 6.10. The molecular formula is C11H10Cl3N3. The summed E-state index contributed by atoms with van der Waals surface area (Å²) in [4.78, 5) is 2.58. The predicted octanol–water partition coefficient (Wildman–Crippen LogP) is 3.47. The first-order chi connectivity index (χ1) is 8.20. The molecule has 0 unspecified atom stereocenters. The number of halogens is 3. The van der Waals surface area contributed by atoms with Crippen LogP contribution in [0.4, 0.5) is 0 Å². The van der Waals surface area contributed by atoms with Crippen molar-refractivity contribution in [3.05, 3.63) is 46.2 Å². The van der Waals surface area contributed by atoms with Gasteiger partial charge >= 0.3 is 0 Å². The summed E-state index contributed by atoms with van der Waals surface area (Å²) >= 11 is 17.3. The molecule has 1 aromatic heterocycles. The van der Waals surface area contributed by atoms with Crippen LogP contribution in [-0.4, -0.2) is 16.3 Å². The molecule has 1 N–H and O–H groups in total. The quantitative estimate of drug-likeness (QED) is 0.874. The lowest BCUT2D eigenvalue weighted by Crippen LogP contribution is -2.03. The van der Waals surface area contributed by atoms with Crippen molar-refractivity contribution < 1.29 is 0 Å². The van der Waals surface area contributed by atoms with Gasteiger partial charge in [0, 0.05) is 17.8 Å². The van der Waals surface area contributed by atoms with Gasteiger partial charge in [0.05, 0.1) is 16.9 Å². The Morgan fingerprint density at radius 2 is 2.12 bits per heavy atom. The van der Waals surface area contributed by atoms with Gasteiger partial charge in [0.1, 0.15) is 0 Å². The fraction of sp³-hybridized carbons (Fsp3) is 0.182. The van der Waals surface area contributed by atoms with E-state index in [2.05, 4.69) is 9.93 Å². The average molecular weight is 291 g/mol. The molecule has 0 aliphatic rings. The third-order valence-electron chi connectivity index (χ3n) is 2.30. The van der Waals surface area contributed by atoms with Gasteiger partial charge in [0.2, 0.25) is 0 Å². The molecule has 2 aromatic rings. The van der Waals surface area contributed by atoms with Crippen molar-refractivity contribution >= 4 is 35.0 Å². The fourth-order valence-corrected chi connectivity index (χ4v) is 2.07. The van der Waals surface area contributed by atoms with E-state index >= 15 is 0 Å². The van der Waals surface area contributed by atoms with Crippen molar-refractivity contribution in [1.29, 1.82) is 0 Å². The Morgan fingerprint density at radius 3 is 2.82 bits per heavy atom. The summed E-state index contributed by atoms with van der Waals surface area (Å²) in [6.45, 7) is 0.696. The summed E-state index contributed by atoms with van der Waals surface area (Å²) in [6, 6.07) is 5.31. The summed E-state index contributed by atoms with van der Waals surface area (Å²) in [5.41, 5.74) is 1.89. The van der Waals surface area contributed by atoms with Crippen LogP contribution in [0.2, 0.25) is 10.0 Å². The van der Waals surface area contributed by atoms with E-state index in [4.69, 9.17) is 35.0 Å². The lowest BCUT2D eigenvalue weighted by atomic mass is 10.2. The molecule has 17 heavy (non-hydrogen) atoms. The van der Waals surface area contributed by atoms with Crippen LogP contribution >= 0.6 is 35.0 Å². The van der Waals surface area contributed by atoms with Crippen molar-refractivity contribution in [3.8, 4) is 5.69 Å². The Labute approximate surface area is 114 Å². The molecule has 1 heterocycles. The van der Waals surface area contributed by atoms with Crippen LogP contribution in [-0.2, 0) is 6.42 Å². The third kappa shape index (κ3) is 3.13. The first kappa shape index (κ1) is 12.7. The molecule has 2 rings (SSSR count). The number of rotatable bonds is 4. The lowest BCUT2D eigenvalue weighted by molar-refractivity contribution is 0.875. The summed E-state index contributed by atoms with van der Waals surface area (Å²) < 4.78 is 1.72. The first-order valence-electron chi connectivity index (χ1n) is 5.03. The number of nitrogens with zero attached hydrogens (tertiary/aromatic N) is 2. The predicted molar refractivity (Wildman–Crippen MR) is 71.1 cm³/mol. The Hall–Kier alpha value is -0.740. The maximum Gasteiger partial charge on any atom is 0.0832 e. The molecule has 0 saturated heterocycles. The van der Waals surface area contributed by atoms with Crippen LogP contribution in [0.15, 0.2) is 30.6 Å². The van der Waals surface area contributed by atoms with E-state index in [9.17, 15) is 0 Å². The van der Waals surface area contributed by atoms with Gasteiger partial charge in [-0.05, 0) is 42.0 Å². The van der Waals surface area contributed by atoms with Crippen LogP contribution in [0.25, 0.3) is 5.69 Å². The molecule has 0 radical (unpaired) electrons. The summed E-state index contributed by atoms with van der Waals surface area (Å²) in [7, 11) is 0. The smallest absolute Gasteiger partial charge is 0.0832 e. The lowest BCUT2D eigenvalue weighted by Gasteiger charge is -2.04. The zero-order chi connectivity index (χ0) is 12.3. The van der Waals surface area contributed by atoms with E-state index in [1.165, 1.54) is 0 Å². The molecule has 1 aromatic carbocycles. The summed E-state index contributed by atoms with van der Waals surface area (Å²) in [6.07, 6.45) is 4.53. The molecule has 0 aliphatic heterocycles. The fourth-order valence-electron chi connectivity index (χ4n) is 1.48. The largest absolute Gasteiger partial charge is 0.239 e. The number of nitrogens with one attached hydrogen (secondary N) is 1. The van der Waals surface area contributed by atoms with Gasteiger partial charge in [0.15, 0.2) is 0 Å². The summed E-state index contributed by atoms with van der Waals surface area (Å²) in [5.74, 6) is 0. The molecule has 0 amide bonds. The zero-order valence-corrected chi connectivity index (χ0v) is 11.1. The Balaban J connectivity index is 2.24.